The van der Waals surface area contributed by atoms with Crippen molar-refractivity contribution in [1.82, 2.24) is 5.32 Å². The quantitative estimate of drug-likeness (QED) is 0.717. The molecule has 1 amide bonds. The van der Waals surface area contributed by atoms with Gasteiger partial charge in [-0.15, -0.1) is 0 Å². The van der Waals surface area contributed by atoms with Gasteiger partial charge in [0.1, 0.15) is 5.75 Å². The van der Waals surface area contributed by atoms with Crippen molar-refractivity contribution in [2.45, 2.75) is 51.2 Å². The summed E-state index contributed by atoms with van der Waals surface area (Å²) < 4.78 is 11.4. The molecule has 2 aromatic carbocycles. The molecule has 0 aromatic heterocycles. The van der Waals surface area contributed by atoms with E-state index in [1.165, 1.54) is 0 Å². The van der Waals surface area contributed by atoms with Crippen molar-refractivity contribution >= 4 is 11.9 Å². The van der Waals surface area contributed by atoms with Crippen LogP contribution in [0.15, 0.2) is 48.5 Å². The van der Waals surface area contributed by atoms with E-state index >= 15 is 0 Å². The van der Waals surface area contributed by atoms with E-state index in [0.717, 1.165) is 16.9 Å². The maximum Gasteiger partial charge on any atom is 0.335 e. The number of rotatable bonds is 7. The lowest BCUT2D eigenvalue weighted by Crippen LogP contribution is -2.48. The number of carboxylic acids is 1. The van der Waals surface area contributed by atoms with Crippen molar-refractivity contribution < 1.29 is 24.2 Å². The summed E-state index contributed by atoms with van der Waals surface area (Å²) in [5.74, 6) is -0.274. The Morgan fingerprint density at radius 2 is 1.73 bits per heavy atom. The summed E-state index contributed by atoms with van der Waals surface area (Å²) in [5.41, 5.74) is 1.31. The molecule has 2 aromatic rings. The second-order valence-electron chi connectivity index (χ2n) is 8.01. The fourth-order valence-corrected chi connectivity index (χ4v) is 3.84. The molecule has 1 fully saturated rings. The van der Waals surface area contributed by atoms with Gasteiger partial charge in [0, 0.05) is 13.2 Å². The number of carbonyl (C=O) groups excluding carboxylic acids is 1. The minimum atomic E-state index is -0.970. The molecule has 6 nitrogen and oxygen atoms in total. The molecule has 0 aliphatic carbocycles. The van der Waals surface area contributed by atoms with Crippen LogP contribution in [0.5, 0.6) is 5.75 Å². The Balaban J connectivity index is 1.84. The molecular formula is C24H29NO5. The van der Waals surface area contributed by atoms with Gasteiger partial charge >= 0.3 is 5.97 Å². The van der Waals surface area contributed by atoms with Crippen LogP contribution in [0.2, 0.25) is 0 Å². The number of nitrogens with one attached hydrogen (secondary N) is 1. The summed E-state index contributed by atoms with van der Waals surface area (Å²) in [6.45, 7) is 6.88. The van der Waals surface area contributed by atoms with E-state index in [2.05, 4.69) is 5.32 Å². The number of aromatic carboxylic acids is 1. The number of hydrogen-bond acceptors (Lipinski definition) is 4. The van der Waals surface area contributed by atoms with Crippen LogP contribution >= 0.6 is 0 Å². The largest absolute Gasteiger partial charge is 0.491 e. The van der Waals surface area contributed by atoms with Gasteiger partial charge in [0.2, 0.25) is 5.91 Å². The van der Waals surface area contributed by atoms with E-state index in [9.17, 15) is 9.59 Å². The van der Waals surface area contributed by atoms with Crippen molar-refractivity contribution in [1.29, 1.82) is 0 Å². The number of amides is 1. The van der Waals surface area contributed by atoms with Gasteiger partial charge in [-0.1, -0.05) is 24.3 Å². The predicted octanol–water partition coefficient (Wildman–Crippen LogP) is 4.10. The van der Waals surface area contributed by atoms with Crippen molar-refractivity contribution in [3.05, 3.63) is 65.2 Å². The van der Waals surface area contributed by atoms with Crippen LogP contribution < -0.4 is 10.1 Å². The Kier molecular flexibility index (Phi) is 6.77. The van der Waals surface area contributed by atoms with Crippen LogP contribution in [0.4, 0.5) is 0 Å². The molecule has 0 bridgehead atoms. The molecule has 1 unspecified atom stereocenters. The molecule has 0 saturated carbocycles. The smallest absolute Gasteiger partial charge is 0.335 e. The third-order valence-electron chi connectivity index (χ3n) is 5.54. The summed E-state index contributed by atoms with van der Waals surface area (Å²) in [6.07, 6.45) is 1.23. The van der Waals surface area contributed by atoms with Crippen molar-refractivity contribution in [2.75, 3.05) is 13.2 Å². The topological polar surface area (TPSA) is 84.9 Å². The van der Waals surface area contributed by atoms with Gasteiger partial charge in [0.25, 0.3) is 0 Å². The van der Waals surface area contributed by atoms with Crippen molar-refractivity contribution in [3.63, 3.8) is 0 Å². The van der Waals surface area contributed by atoms with Crippen LogP contribution in [0, 0.1) is 0 Å². The van der Waals surface area contributed by atoms with Crippen LogP contribution in [-0.4, -0.2) is 36.3 Å². The molecule has 1 aliphatic heterocycles. The first-order valence-corrected chi connectivity index (χ1v) is 10.3. The Morgan fingerprint density at radius 1 is 1.07 bits per heavy atom. The van der Waals surface area contributed by atoms with Crippen LogP contribution in [0.3, 0.4) is 0 Å². The van der Waals surface area contributed by atoms with Gasteiger partial charge in [-0.25, -0.2) is 4.79 Å². The molecule has 0 radical (unpaired) electrons. The highest BCUT2D eigenvalue weighted by Gasteiger charge is 2.42. The monoisotopic (exact) mass is 411 g/mol. The zero-order valence-electron chi connectivity index (χ0n) is 17.7. The van der Waals surface area contributed by atoms with E-state index in [1.54, 1.807) is 24.3 Å². The summed E-state index contributed by atoms with van der Waals surface area (Å²) in [6, 6.07) is 14.1. The Bertz CT molecular complexity index is 885. The van der Waals surface area contributed by atoms with Crippen LogP contribution in [0.1, 0.15) is 61.1 Å². The first-order chi connectivity index (χ1) is 14.3. The molecule has 6 heteroatoms. The van der Waals surface area contributed by atoms with E-state index in [0.29, 0.717) is 26.1 Å². The maximum absolute atomic E-state index is 13.5. The molecule has 1 aliphatic rings. The summed E-state index contributed by atoms with van der Waals surface area (Å²) in [7, 11) is 0. The zero-order valence-corrected chi connectivity index (χ0v) is 17.7. The molecule has 1 heterocycles. The standard InChI is InChI=1S/C24H29NO5/c1-16(2)30-21-6-4-5-20(15-21)24(11-13-29-14-12-24)23(28)25-17(3)18-7-9-19(10-8-18)22(26)27/h4-10,15-17H,11-14H2,1-3H3,(H,25,28)(H,26,27). The number of ether oxygens (including phenoxy) is 2. The third kappa shape index (κ3) is 4.82. The minimum absolute atomic E-state index is 0.0495. The normalized spacial score (nSPS) is 16.7. The van der Waals surface area contributed by atoms with Gasteiger partial charge in [0.05, 0.1) is 23.1 Å². The Labute approximate surface area is 177 Å². The molecular weight excluding hydrogens is 382 g/mol. The first-order valence-electron chi connectivity index (χ1n) is 10.3. The number of carboxylic acid groups (broad SMARTS) is 1. The Hall–Kier alpha value is -2.86. The molecule has 3 rings (SSSR count). The second-order valence-corrected chi connectivity index (χ2v) is 8.01. The Morgan fingerprint density at radius 3 is 2.33 bits per heavy atom. The summed E-state index contributed by atoms with van der Waals surface area (Å²) in [4.78, 5) is 24.6. The molecule has 160 valence electrons. The average Bonchev–Trinajstić information content (AvgIpc) is 2.74. The molecule has 1 saturated heterocycles. The van der Waals surface area contributed by atoms with Crippen LogP contribution in [0.25, 0.3) is 0 Å². The predicted molar refractivity (Wildman–Crippen MR) is 114 cm³/mol. The average molecular weight is 411 g/mol. The first kappa shape index (κ1) is 21.8. The van der Waals surface area contributed by atoms with E-state index in [-0.39, 0.29) is 23.6 Å². The molecule has 1 atom stereocenters. The van der Waals surface area contributed by atoms with Gasteiger partial charge in [0.15, 0.2) is 0 Å². The highest BCUT2D eigenvalue weighted by molar-refractivity contribution is 5.89. The van der Waals surface area contributed by atoms with Crippen molar-refractivity contribution in [2.24, 2.45) is 0 Å². The molecule has 2 N–H and O–H groups in total. The lowest BCUT2D eigenvalue weighted by atomic mass is 9.73. The van der Waals surface area contributed by atoms with E-state index < -0.39 is 11.4 Å². The number of benzene rings is 2. The minimum Gasteiger partial charge on any atom is -0.491 e. The van der Waals surface area contributed by atoms with E-state index in [1.807, 2.05) is 45.0 Å². The van der Waals surface area contributed by atoms with Gasteiger partial charge in [-0.2, -0.15) is 0 Å². The zero-order chi connectivity index (χ0) is 21.7. The SMILES string of the molecule is CC(C)Oc1cccc(C2(C(=O)NC(C)c3ccc(C(=O)O)cc3)CCOCC2)c1. The highest BCUT2D eigenvalue weighted by atomic mass is 16.5. The summed E-state index contributed by atoms with van der Waals surface area (Å²) >= 11 is 0. The van der Waals surface area contributed by atoms with Gasteiger partial charge in [-0.05, 0) is 69.0 Å². The lowest BCUT2D eigenvalue weighted by molar-refractivity contribution is -0.131. The van der Waals surface area contributed by atoms with E-state index in [4.69, 9.17) is 14.6 Å². The maximum atomic E-state index is 13.5. The third-order valence-corrected chi connectivity index (χ3v) is 5.54. The summed E-state index contributed by atoms with van der Waals surface area (Å²) in [5, 5.41) is 12.2. The number of hydrogen-bond donors (Lipinski definition) is 2. The highest BCUT2D eigenvalue weighted by Crippen LogP contribution is 2.37. The second kappa shape index (κ2) is 9.30. The fraction of sp³-hybridized carbons (Fsp3) is 0.417. The van der Waals surface area contributed by atoms with Crippen molar-refractivity contribution in [3.8, 4) is 5.75 Å². The van der Waals surface area contributed by atoms with Gasteiger partial charge in [-0.3, -0.25) is 4.79 Å². The van der Waals surface area contributed by atoms with Crippen LogP contribution in [-0.2, 0) is 14.9 Å². The van der Waals surface area contributed by atoms with Gasteiger partial charge < -0.3 is 19.9 Å². The lowest BCUT2D eigenvalue weighted by Gasteiger charge is -2.37. The molecule has 0 spiro atoms. The number of carbonyl (C=O) groups is 2. The fourth-order valence-electron chi connectivity index (χ4n) is 3.84. The molecule has 30 heavy (non-hydrogen) atoms.